The third-order valence-corrected chi connectivity index (χ3v) is 3.46. The summed E-state index contributed by atoms with van der Waals surface area (Å²) in [5.74, 6) is 1.59. The van der Waals surface area contributed by atoms with E-state index in [1.54, 1.807) is 0 Å². The quantitative estimate of drug-likeness (QED) is 0.875. The zero-order chi connectivity index (χ0) is 12.4. The van der Waals surface area contributed by atoms with Crippen LogP contribution in [0.5, 0.6) is 0 Å². The van der Waals surface area contributed by atoms with Crippen LogP contribution in [0.25, 0.3) is 0 Å². The minimum absolute atomic E-state index is 0.505. The molecule has 92 valence electrons. The standard InChI is InChI=1S/C14H19ClN2/c1-9(2)13-8-12(15)6-11(10(13)3)7-14-16-4-5-17-14/h6,8-9H,4-5,7H2,1-3H3,(H,16,17). The molecule has 0 bridgehead atoms. The molecule has 2 nitrogen and oxygen atoms in total. The summed E-state index contributed by atoms with van der Waals surface area (Å²) < 4.78 is 0. The molecule has 3 heteroatoms. The van der Waals surface area contributed by atoms with Crippen LogP contribution in [-0.4, -0.2) is 18.9 Å². The van der Waals surface area contributed by atoms with Gasteiger partial charge < -0.3 is 5.32 Å². The summed E-state index contributed by atoms with van der Waals surface area (Å²) in [6, 6.07) is 4.14. The topological polar surface area (TPSA) is 24.4 Å². The molecule has 17 heavy (non-hydrogen) atoms. The van der Waals surface area contributed by atoms with E-state index in [2.05, 4.69) is 43.2 Å². The van der Waals surface area contributed by atoms with Gasteiger partial charge in [0.15, 0.2) is 0 Å². The molecule has 0 aliphatic carbocycles. The summed E-state index contributed by atoms with van der Waals surface area (Å²) in [7, 11) is 0. The highest BCUT2D eigenvalue weighted by Gasteiger charge is 2.13. The summed E-state index contributed by atoms with van der Waals surface area (Å²) >= 11 is 6.19. The van der Waals surface area contributed by atoms with Crippen molar-refractivity contribution >= 4 is 17.4 Å². The molecule has 0 fully saturated rings. The van der Waals surface area contributed by atoms with Crippen molar-refractivity contribution in [3.8, 4) is 0 Å². The molecule has 0 saturated heterocycles. The second-order valence-electron chi connectivity index (χ2n) is 4.87. The maximum atomic E-state index is 6.19. The molecule has 0 saturated carbocycles. The van der Waals surface area contributed by atoms with E-state index in [9.17, 15) is 0 Å². The minimum Gasteiger partial charge on any atom is -0.372 e. The number of rotatable bonds is 3. The van der Waals surface area contributed by atoms with Crippen molar-refractivity contribution in [1.29, 1.82) is 0 Å². The largest absolute Gasteiger partial charge is 0.372 e. The number of amidine groups is 1. The summed E-state index contributed by atoms with van der Waals surface area (Å²) in [4.78, 5) is 4.44. The molecule has 0 aromatic heterocycles. The highest BCUT2D eigenvalue weighted by Crippen LogP contribution is 2.27. The van der Waals surface area contributed by atoms with Gasteiger partial charge in [-0.15, -0.1) is 0 Å². The van der Waals surface area contributed by atoms with E-state index in [1.807, 2.05) is 0 Å². The van der Waals surface area contributed by atoms with E-state index >= 15 is 0 Å². The number of aliphatic imine (C=N–C) groups is 1. The van der Waals surface area contributed by atoms with Gasteiger partial charge in [-0.1, -0.05) is 25.4 Å². The maximum Gasteiger partial charge on any atom is 0.101 e. The molecule has 1 N–H and O–H groups in total. The fraction of sp³-hybridized carbons (Fsp3) is 0.500. The van der Waals surface area contributed by atoms with Crippen LogP contribution in [0.15, 0.2) is 17.1 Å². The van der Waals surface area contributed by atoms with Gasteiger partial charge in [0.2, 0.25) is 0 Å². The molecule has 0 radical (unpaired) electrons. The number of halogens is 1. The van der Waals surface area contributed by atoms with Gasteiger partial charge in [0.25, 0.3) is 0 Å². The zero-order valence-electron chi connectivity index (χ0n) is 10.7. The first-order valence-corrected chi connectivity index (χ1v) is 6.52. The van der Waals surface area contributed by atoms with E-state index < -0.39 is 0 Å². The highest BCUT2D eigenvalue weighted by molar-refractivity contribution is 6.30. The molecule has 1 aromatic rings. The Kier molecular flexibility index (Phi) is 3.72. The van der Waals surface area contributed by atoms with Gasteiger partial charge in [0.05, 0.1) is 6.54 Å². The van der Waals surface area contributed by atoms with Crippen LogP contribution < -0.4 is 5.32 Å². The number of nitrogens with zero attached hydrogens (tertiary/aromatic N) is 1. The Labute approximate surface area is 108 Å². The number of hydrogen-bond acceptors (Lipinski definition) is 2. The number of hydrogen-bond donors (Lipinski definition) is 1. The van der Waals surface area contributed by atoms with Gasteiger partial charge in [-0.25, -0.2) is 0 Å². The molecule has 1 aliphatic rings. The van der Waals surface area contributed by atoms with E-state index in [0.717, 1.165) is 30.4 Å². The average Bonchev–Trinajstić information content (AvgIpc) is 2.75. The van der Waals surface area contributed by atoms with Crippen LogP contribution in [0, 0.1) is 6.92 Å². The van der Waals surface area contributed by atoms with E-state index in [1.165, 1.54) is 16.7 Å². The molecular weight excluding hydrogens is 232 g/mol. The van der Waals surface area contributed by atoms with Gasteiger partial charge in [-0.2, -0.15) is 0 Å². The fourth-order valence-corrected chi connectivity index (χ4v) is 2.54. The molecular formula is C14H19ClN2. The predicted octanol–water partition coefficient (Wildman–Crippen LogP) is 3.32. The van der Waals surface area contributed by atoms with Gasteiger partial charge in [-0.3, -0.25) is 4.99 Å². The Morgan fingerprint density at radius 2 is 2.18 bits per heavy atom. The number of nitrogens with one attached hydrogen (secondary N) is 1. The summed E-state index contributed by atoms with van der Waals surface area (Å²) in [5, 5.41) is 4.13. The first kappa shape index (κ1) is 12.4. The third-order valence-electron chi connectivity index (χ3n) is 3.24. The normalized spacial score (nSPS) is 15.0. The van der Waals surface area contributed by atoms with Gasteiger partial charge in [-0.05, 0) is 41.7 Å². The van der Waals surface area contributed by atoms with Crippen molar-refractivity contribution in [1.82, 2.24) is 5.32 Å². The molecule has 1 aromatic carbocycles. The monoisotopic (exact) mass is 250 g/mol. The van der Waals surface area contributed by atoms with Crippen molar-refractivity contribution in [2.45, 2.75) is 33.1 Å². The van der Waals surface area contributed by atoms with Crippen LogP contribution >= 0.6 is 11.6 Å². The van der Waals surface area contributed by atoms with Crippen molar-refractivity contribution in [2.24, 2.45) is 4.99 Å². The molecule has 0 atom stereocenters. The molecule has 1 aliphatic heterocycles. The van der Waals surface area contributed by atoms with Crippen LogP contribution in [0.2, 0.25) is 5.02 Å². The van der Waals surface area contributed by atoms with Crippen molar-refractivity contribution in [3.05, 3.63) is 33.8 Å². The Hall–Kier alpha value is -1.02. The third kappa shape index (κ3) is 2.81. The Morgan fingerprint density at radius 1 is 1.41 bits per heavy atom. The minimum atomic E-state index is 0.505. The smallest absolute Gasteiger partial charge is 0.101 e. The van der Waals surface area contributed by atoms with Crippen LogP contribution in [0.1, 0.15) is 36.5 Å². The lowest BCUT2D eigenvalue weighted by Gasteiger charge is -2.15. The zero-order valence-corrected chi connectivity index (χ0v) is 11.4. The van der Waals surface area contributed by atoms with Crippen LogP contribution in [-0.2, 0) is 6.42 Å². The summed E-state index contributed by atoms with van der Waals surface area (Å²) in [6.07, 6.45) is 0.867. The van der Waals surface area contributed by atoms with Crippen molar-refractivity contribution in [3.63, 3.8) is 0 Å². The lowest BCUT2D eigenvalue weighted by molar-refractivity contribution is 0.852. The molecule has 2 rings (SSSR count). The first-order valence-electron chi connectivity index (χ1n) is 6.14. The van der Waals surface area contributed by atoms with Gasteiger partial charge >= 0.3 is 0 Å². The van der Waals surface area contributed by atoms with Crippen molar-refractivity contribution in [2.75, 3.05) is 13.1 Å². The second-order valence-corrected chi connectivity index (χ2v) is 5.30. The van der Waals surface area contributed by atoms with Gasteiger partial charge in [0, 0.05) is 18.0 Å². The highest BCUT2D eigenvalue weighted by atomic mass is 35.5. The summed E-state index contributed by atoms with van der Waals surface area (Å²) in [6.45, 7) is 8.44. The van der Waals surface area contributed by atoms with E-state index in [-0.39, 0.29) is 0 Å². The second kappa shape index (κ2) is 5.09. The van der Waals surface area contributed by atoms with E-state index in [0.29, 0.717) is 5.92 Å². The average molecular weight is 251 g/mol. The van der Waals surface area contributed by atoms with Crippen LogP contribution in [0.3, 0.4) is 0 Å². The molecule has 0 amide bonds. The first-order chi connectivity index (χ1) is 8.08. The Bertz CT molecular complexity index is 450. The number of benzene rings is 1. The molecule has 0 spiro atoms. The fourth-order valence-electron chi connectivity index (χ4n) is 2.29. The SMILES string of the molecule is Cc1c(CC2=NCCN2)cc(Cl)cc1C(C)C. The molecule has 0 unspecified atom stereocenters. The van der Waals surface area contributed by atoms with E-state index in [4.69, 9.17) is 11.6 Å². The Morgan fingerprint density at radius 3 is 2.76 bits per heavy atom. The predicted molar refractivity (Wildman–Crippen MR) is 74.3 cm³/mol. The summed E-state index contributed by atoms with van der Waals surface area (Å²) in [5.41, 5.74) is 3.97. The van der Waals surface area contributed by atoms with Crippen molar-refractivity contribution < 1.29 is 0 Å². The lowest BCUT2D eigenvalue weighted by atomic mass is 9.93. The lowest BCUT2D eigenvalue weighted by Crippen LogP contribution is -2.21. The Balaban J connectivity index is 2.32. The maximum absolute atomic E-state index is 6.19. The van der Waals surface area contributed by atoms with Gasteiger partial charge in [0.1, 0.15) is 5.84 Å². The van der Waals surface area contributed by atoms with Crippen LogP contribution in [0.4, 0.5) is 0 Å². The molecule has 1 heterocycles.